The van der Waals surface area contributed by atoms with Crippen molar-refractivity contribution in [3.8, 4) is 17.0 Å². The lowest BCUT2D eigenvalue weighted by molar-refractivity contribution is 0.178. The first-order valence-corrected chi connectivity index (χ1v) is 11.8. The van der Waals surface area contributed by atoms with Crippen molar-refractivity contribution in [1.29, 1.82) is 0 Å². The molecule has 2 aromatic heterocycles. The maximum Gasteiger partial charge on any atom is 0.413 e. The number of anilines is 3. The van der Waals surface area contributed by atoms with Crippen LogP contribution in [0.3, 0.4) is 0 Å². The Kier molecular flexibility index (Phi) is 5.14. The van der Waals surface area contributed by atoms with E-state index in [-0.39, 0.29) is 29.0 Å². The lowest BCUT2D eigenvalue weighted by atomic mass is 9.96. The van der Waals surface area contributed by atoms with Gasteiger partial charge in [0.2, 0.25) is 5.88 Å². The predicted molar refractivity (Wildman–Crippen MR) is 129 cm³/mol. The molecule has 1 saturated carbocycles. The molecule has 4 N–H and O–H groups in total. The van der Waals surface area contributed by atoms with Gasteiger partial charge in [0.15, 0.2) is 5.82 Å². The van der Waals surface area contributed by atoms with Crippen molar-refractivity contribution in [2.75, 3.05) is 42.3 Å². The highest BCUT2D eigenvalue weighted by Gasteiger charge is 2.45. The Labute approximate surface area is 201 Å². The smallest absolute Gasteiger partial charge is 0.413 e. The summed E-state index contributed by atoms with van der Waals surface area (Å²) in [4.78, 5) is 22.3. The summed E-state index contributed by atoms with van der Waals surface area (Å²) >= 11 is 0. The quantitative estimate of drug-likeness (QED) is 0.479. The number of hydrogen-bond donors (Lipinski definition) is 3. The van der Waals surface area contributed by atoms with Gasteiger partial charge < -0.3 is 25.6 Å². The summed E-state index contributed by atoms with van der Waals surface area (Å²) in [7, 11) is 0. The topological polar surface area (TPSA) is 123 Å². The summed E-state index contributed by atoms with van der Waals surface area (Å²) in [6, 6.07) is 3.03. The second kappa shape index (κ2) is 8.23. The lowest BCUT2D eigenvalue weighted by Gasteiger charge is -2.29. The van der Waals surface area contributed by atoms with E-state index in [1.165, 1.54) is 11.1 Å². The summed E-state index contributed by atoms with van der Waals surface area (Å²) < 4.78 is 26.7. The van der Waals surface area contributed by atoms with Crippen molar-refractivity contribution >= 4 is 34.1 Å². The fourth-order valence-corrected chi connectivity index (χ4v) is 5.32. The van der Waals surface area contributed by atoms with Gasteiger partial charge in [-0.2, -0.15) is 0 Å². The number of aromatic nitrogens is 2. The van der Waals surface area contributed by atoms with Crippen molar-refractivity contribution in [2.24, 2.45) is 11.8 Å². The SMILES string of the molecule is Cc1c(-c2cc3cc(N(C(=O)O)[C@H]4COC[C@@H]4C4CC4)ncc3c(N)c2F)cnc2c1NCCO2. The molecule has 3 aromatic rings. The number of carbonyl (C=O) groups is 1. The van der Waals surface area contributed by atoms with Crippen LogP contribution in [0, 0.1) is 24.6 Å². The molecule has 4 heterocycles. The second-order valence-electron chi connectivity index (χ2n) is 9.43. The zero-order valence-electron chi connectivity index (χ0n) is 19.3. The van der Waals surface area contributed by atoms with Gasteiger partial charge in [-0.05, 0) is 48.8 Å². The Morgan fingerprint density at radius 3 is 2.83 bits per heavy atom. The largest absolute Gasteiger partial charge is 0.474 e. The number of nitrogens with one attached hydrogen (secondary N) is 1. The predicted octanol–water partition coefficient (Wildman–Crippen LogP) is 4.04. The molecule has 182 valence electrons. The van der Waals surface area contributed by atoms with E-state index < -0.39 is 11.9 Å². The molecule has 2 atom stereocenters. The van der Waals surface area contributed by atoms with Crippen LogP contribution >= 0.6 is 0 Å². The molecule has 3 aliphatic rings. The number of fused-ring (bicyclic) bond motifs is 2. The average Bonchev–Trinajstić information content (AvgIpc) is 3.59. The summed E-state index contributed by atoms with van der Waals surface area (Å²) in [5.74, 6) is 0.828. The third kappa shape index (κ3) is 3.59. The molecule has 0 radical (unpaired) electrons. The van der Waals surface area contributed by atoms with E-state index in [1.807, 2.05) is 6.92 Å². The minimum atomic E-state index is -1.09. The maximum absolute atomic E-state index is 15.5. The Morgan fingerprint density at radius 1 is 1.23 bits per heavy atom. The molecule has 0 bridgehead atoms. The Hall–Kier alpha value is -3.66. The average molecular weight is 480 g/mol. The van der Waals surface area contributed by atoms with Crippen LogP contribution in [0.15, 0.2) is 24.5 Å². The minimum absolute atomic E-state index is 0.0418. The Balaban J connectivity index is 1.46. The molecule has 1 aliphatic carbocycles. The van der Waals surface area contributed by atoms with Crippen LogP contribution in [0.5, 0.6) is 5.88 Å². The van der Waals surface area contributed by atoms with Gasteiger partial charge in [0.05, 0.1) is 24.9 Å². The fourth-order valence-electron chi connectivity index (χ4n) is 5.32. The van der Waals surface area contributed by atoms with Crippen molar-refractivity contribution < 1.29 is 23.8 Å². The first-order chi connectivity index (χ1) is 16.9. The fraction of sp³-hybridized carbons (Fsp3) is 0.400. The van der Waals surface area contributed by atoms with Crippen LogP contribution < -0.4 is 20.7 Å². The zero-order valence-corrected chi connectivity index (χ0v) is 19.3. The van der Waals surface area contributed by atoms with Crippen molar-refractivity contribution in [2.45, 2.75) is 25.8 Å². The third-order valence-corrected chi connectivity index (χ3v) is 7.33. The molecule has 10 heteroatoms. The van der Waals surface area contributed by atoms with Crippen LogP contribution in [-0.4, -0.2) is 53.6 Å². The Morgan fingerprint density at radius 2 is 2.06 bits per heavy atom. The molecular weight excluding hydrogens is 453 g/mol. The number of nitrogens with zero attached hydrogens (tertiary/aromatic N) is 3. The normalized spacial score (nSPS) is 21.3. The highest BCUT2D eigenvalue weighted by atomic mass is 19.1. The maximum atomic E-state index is 15.5. The first kappa shape index (κ1) is 21.8. The summed E-state index contributed by atoms with van der Waals surface area (Å²) in [6.45, 7) is 3.91. The molecule has 2 aliphatic heterocycles. The number of ether oxygens (including phenoxy) is 2. The molecule has 1 saturated heterocycles. The monoisotopic (exact) mass is 479 g/mol. The summed E-state index contributed by atoms with van der Waals surface area (Å²) in [5.41, 5.74) is 8.55. The number of hydrogen-bond acceptors (Lipinski definition) is 7. The van der Waals surface area contributed by atoms with Gasteiger partial charge in [-0.3, -0.25) is 4.90 Å². The van der Waals surface area contributed by atoms with E-state index in [4.69, 9.17) is 15.2 Å². The second-order valence-corrected chi connectivity index (χ2v) is 9.43. The van der Waals surface area contributed by atoms with Gasteiger partial charge in [-0.25, -0.2) is 19.2 Å². The van der Waals surface area contributed by atoms with E-state index in [2.05, 4.69) is 15.3 Å². The van der Waals surface area contributed by atoms with Gasteiger partial charge in [-0.15, -0.1) is 0 Å². The molecule has 1 amide bonds. The summed E-state index contributed by atoms with van der Waals surface area (Å²) in [5, 5.41) is 14.4. The number of benzene rings is 1. The van der Waals surface area contributed by atoms with E-state index in [0.29, 0.717) is 54.5 Å². The molecule has 35 heavy (non-hydrogen) atoms. The summed E-state index contributed by atoms with van der Waals surface area (Å²) in [6.07, 6.45) is 4.12. The molecule has 0 spiro atoms. The standard InChI is InChI=1S/C25H26FN5O4/c1-12-16(8-30-24-23(12)28-4-5-35-24)15-6-14-7-20(29-9-17(14)22(27)21(15)26)31(25(32)33)19-11-34-10-18(19)13-2-3-13/h6-9,13,18-19,28H,2-5,10-11,27H2,1H3,(H,32,33)/t18-,19+/m1/s1. The first-order valence-electron chi connectivity index (χ1n) is 11.8. The van der Waals surface area contributed by atoms with Gasteiger partial charge >= 0.3 is 6.09 Å². The van der Waals surface area contributed by atoms with Crippen molar-refractivity contribution in [1.82, 2.24) is 9.97 Å². The third-order valence-electron chi connectivity index (χ3n) is 7.33. The van der Waals surface area contributed by atoms with Gasteiger partial charge in [-0.1, -0.05) is 0 Å². The number of pyridine rings is 2. The molecule has 1 aromatic carbocycles. The van der Waals surface area contributed by atoms with E-state index >= 15 is 4.39 Å². The highest BCUT2D eigenvalue weighted by molar-refractivity contribution is 5.99. The lowest BCUT2D eigenvalue weighted by Crippen LogP contribution is -2.45. The van der Waals surface area contributed by atoms with Gasteiger partial charge in [0.25, 0.3) is 0 Å². The number of halogens is 1. The molecule has 9 nitrogen and oxygen atoms in total. The number of amides is 1. The van der Waals surface area contributed by atoms with Gasteiger partial charge in [0, 0.05) is 41.4 Å². The van der Waals surface area contributed by atoms with Crippen LogP contribution in [0.25, 0.3) is 21.9 Å². The van der Waals surface area contributed by atoms with Crippen molar-refractivity contribution in [3.63, 3.8) is 0 Å². The van der Waals surface area contributed by atoms with Gasteiger partial charge in [0.1, 0.15) is 18.1 Å². The van der Waals surface area contributed by atoms with Crippen LogP contribution in [0.2, 0.25) is 0 Å². The molecule has 6 rings (SSSR count). The van der Waals surface area contributed by atoms with Crippen LogP contribution in [0.4, 0.5) is 26.4 Å². The number of nitrogen functional groups attached to an aromatic ring is 1. The molecule has 0 unspecified atom stereocenters. The highest BCUT2D eigenvalue weighted by Crippen LogP contribution is 2.44. The van der Waals surface area contributed by atoms with E-state index in [0.717, 1.165) is 24.1 Å². The minimum Gasteiger partial charge on any atom is -0.474 e. The molecule has 2 fully saturated rings. The van der Waals surface area contributed by atoms with E-state index in [1.54, 1.807) is 18.3 Å². The Bertz CT molecular complexity index is 1350. The number of nitrogens with two attached hydrogens (primary N) is 1. The molecular formula is C25H26FN5O4. The van der Waals surface area contributed by atoms with Crippen LogP contribution in [-0.2, 0) is 4.74 Å². The van der Waals surface area contributed by atoms with Crippen LogP contribution in [0.1, 0.15) is 18.4 Å². The van der Waals surface area contributed by atoms with Crippen molar-refractivity contribution in [3.05, 3.63) is 35.9 Å². The number of rotatable bonds is 4. The number of carboxylic acid groups (broad SMARTS) is 1. The zero-order chi connectivity index (χ0) is 24.3. The van der Waals surface area contributed by atoms with E-state index in [9.17, 15) is 9.90 Å².